The van der Waals surface area contributed by atoms with Crippen molar-refractivity contribution in [2.45, 2.75) is 13.3 Å². The summed E-state index contributed by atoms with van der Waals surface area (Å²) in [5.41, 5.74) is 0.280. The molecular formula is C12H12N2O4. The Hall–Kier alpha value is -2.55. The zero-order chi connectivity index (χ0) is 13.5. The van der Waals surface area contributed by atoms with Crippen molar-refractivity contribution in [2.75, 3.05) is 11.9 Å². The molecule has 18 heavy (non-hydrogen) atoms. The molecule has 6 nitrogen and oxygen atoms in total. The standard InChI is InChI=1S/C12H12N2O4/c1-2-18-12(17)9-7-8(3-4-10(9)15)14-11(16)5-6-13/h3-4,7,15H,2,5H2,1H3,(H,14,16). The predicted molar refractivity (Wildman–Crippen MR) is 62.9 cm³/mol. The van der Waals surface area contributed by atoms with E-state index in [9.17, 15) is 14.7 Å². The first kappa shape index (κ1) is 13.5. The lowest BCUT2D eigenvalue weighted by atomic mass is 10.1. The van der Waals surface area contributed by atoms with Crippen molar-refractivity contribution in [3.63, 3.8) is 0 Å². The zero-order valence-electron chi connectivity index (χ0n) is 9.77. The van der Waals surface area contributed by atoms with E-state index in [2.05, 4.69) is 5.32 Å². The molecule has 1 aromatic carbocycles. The number of phenolic OH excluding ortho intramolecular Hbond substituents is 1. The van der Waals surface area contributed by atoms with Crippen LogP contribution in [0, 0.1) is 11.3 Å². The number of carbonyl (C=O) groups excluding carboxylic acids is 2. The van der Waals surface area contributed by atoms with Gasteiger partial charge in [-0.2, -0.15) is 5.26 Å². The molecular weight excluding hydrogens is 236 g/mol. The molecule has 6 heteroatoms. The fourth-order valence-electron chi connectivity index (χ4n) is 1.26. The van der Waals surface area contributed by atoms with E-state index in [-0.39, 0.29) is 24.3 Å². The number of rotatable bonds is 4. The molecule has 0 atom stereocenters. The Morgan fingerprint density at radius 2 is 2.22 bits per heavy atom. The van der Waals surface area contributed by atoms with E-state index >= 15 is 0 Å². The third-order valence-corrected chi connectivity index (χ3v) is 2.02. The van der Waals surface area contributed by atoms with Gasteiger partial charge in [-0.05, 0) is 25.1 Å². The normalized spacial score (nSPS) is 9.33. The fourth-order valence-corrected chi connectivity index (χ4v) is 1.26. The van der Waals surface area contributed by atoms with Crippen molar-refractivity contribution in [3.05, 3.63) is 23.8 Å². The van der Waals surface area contributed by atoms with Crippen LogP contribution in [0.5, 0.6) is 5.75 Å². The molecule has 0 aliphatic heterocycles. The van der Waals surface area contributed by atoms with Crippen LogP contribution in [-0.4, -0.2) is 23.6 Å². The number of hydrogen-bond acceptors (Lipinski definition) is 5. The number of esters is 1. The highest BCUT2D eigenvalue weighted by molar-refractivity contribution is 5.96. The number of hydrogen-bond donors (Lipinski definition) is 2. The van der Waals surface area contributed by atoms with E-state index in [1.165, 1.54) is 18.2 Å². The molecule has 0 aliphatic rings. The van der Waals surface area contributed by atoms with Gasteiger partial charge in [-0.3, -0.25) is 4.79 Å². The van der Waals surface area contributed by atoms with E-state index in [1.54, 1.807) is 13.0 Å². The molecule has 0 aliphatic carbocycles. The number of ether oxygens (including phenoxy) is 1. The maximum Gasteiger partial charge on any atom is 0.341 e. The van der Waals surface area contributed by atoms with Gasteiger partial charge in [0.05, 0.1) is 12.7 Å². The van der Waals surface area contributed by atoms with Crippen LogP contribution >= 0.6 is 0 Å². The first-order valence-corrected chi connectivity index (χ1v) is 5.25. The molecule has 1 aromatic rings. The number of nitrogens with zero attached hydrogens (tertiary/aromatic N) is 1. The van der Waals surface area contributed by atoms with Crippen molar-refractivity contribution in [2.24, 2.45) is 0 Å². The summed E-state index contributed by atoms with van der Waals surface area (Å²) in [6, 6.07) is 5.69. The van der Waals surface area contributed by atoms with Crippen LogP contribution in [0.15, 0.2) is 18.2 Å². The minimum absolute atomic E-state index is 0.0355. The summed E-state index contributed by atoms with van der Waals surface area (Å²) in [5, 5.41) is 20.3. The monoisotopic (exact) mass is 248 g/mol. The van der Waals surface area contributed by atoms with E-state index in [1.807, 2.05) is 0 Å². The Morgan fingerprint density at radius 3 is 2.83 bits per heavy atom. The largest absolute Gasteiger partial charge is 0.507 e. The van der Waals surface area contributed by atoms with Crippen LogP contribution in [-0.2, 0) is 9.53 Å². The third kappa shape index (κ3) is 3.49. The maximum absolute atomic E-state index is 11.5. The van der Waals surface area contributed by atoms with Gasteiger partial charge in [0, 0.05) is 5.69 Å². The Balaban J connectivity index is 2.91. The molecule has 2 N–H and O–H groups in total. The van der Waals surface area contributed by atoms with Gasteiger partial charge < -0.3 is 15.2 Å². The molecule has 1 amide bonds. The van der Waals surface area contributed by atoms with Crippen LogP contribution in [0.2, 0.25) is 0 Å². The smallest absolute Gasteiger partial charge is 0.341 e. The first-order valence-electron chi connectivity index (χ1n) is 5.25. The average Bonchev–Trinajstić information content (AvgIpc) is 2.32. The van der Waals surface area contributed by atoms with Gasteiger partial charge in [0.2, 0.25) is 5.91 Å². The Kier molecular flexibility index (Phi) is 4.69. The molecule has 0 saturated carbocycles. The number of nitriles is 1. The van der Waals surface area contributed by atoms with Crippen molar-refractivity contribution in [3.8, 4) is 11.8 Å². The highest BCUT2D eigenvalue weighted by atomic mass is 16.5. The SMILES string of the molecule is CCOC(=O)c1cc(NC(=O)CC#N)ccc1O. The maximum atomic E-state index is 11.5. The lowest BCUT2D eigenvalue weighted by molar-refractivity contribution is -0.115. The van der Waals surface area contributed by atoms with E-state index in [0.717, 1.165) is 0 Å². The highest BCUT2D eigenvalue weighted by Crippen LogP contribution is 2.22. The predicted octanol–water partition coefficient (Wildman–Crippen LogP) is 1.42. The number of aromatic hydroxyl groups is 1. The second kappa shape index (κ2) is 6.25. The molecule has 0 bridgehead atoms. The van der Waals surface area contributed by atoms with Crippen LogP contribution in [0.1, 0.15) is 23.7 Å². The van der Waals surface area contributed by atoms with Gasteiger partial charge in [-0.15, -0.1) is 0 Å². The van der Waals surface area contributed by atoms with E-state index in [0.29, 0.717) is 5.69 Å². The van der Waals surface area contributed by atoms with Crippen LogP contribution in [0.25, 0.3) is 0 Å². The quantitative estimate of drug-likeness (QED) is 0.620. The summed E-state index contributed by atoms with van der Waals surface area (Å²) in [6.07, 6.45) is -0.282. The number of carbonyl (C=O) groups is 2. The van der Waals surface area contributed by atoms with Crippen molar-refractivity contribution >= 4 is 17.6 Å². The second-order valence-electron chi connectivity index (χ2n) is 3.34. The van der Waals surface area contributed by atoms with Gasteiger partial charge in [-0.1, -0.05) is 0 Å². The number of anilines is 1. The number of nitrogens with one attached hydrogen (secondary N) is 1. The molecule has 0 heterocycles. The second-order valence-corrected chi connectivity index (χ2v) is 3.34. The number of amides is 1. The van der Waals surface area contributed by atoms with Gasteiger partial charge >= 0.3 is 5.97 Å². The molecule has 94 valence electrons. The van der Waals surface area contributed by atoms with Gasteiger partial charge in [0.1, 0.15) is 17.7 Å². The van der Waals surface area contributed by atoms with Gasteiger partial charge in [-0.25, -0.2) is 4.79 Å². The summed E-state index contributed by atoms with van der Waals surface area (Å²) < 4.78 is 4.75. The topological polar surface area (TPSA) is 99.4 Å². The van der Waals surface area contributed by atoms with Gasteiger partial charge in [0.25, 0.3) is 0 Å². The van der Waals surface area contributed by atoms with Crippen molar-refractivity contribution < 1.29 is 19.4 Å². The molecule has 0 aromatic heterocycles. The van der Waals surface area contributed by atoms with E-state index < -0.39 is 11.9 Å². The van der Waals surface area contributed by atoms with Crippen molar-refractivity contribution in [1.29, 1.82) is 5.26 Å². The molecule has 0 saturated heterocycles. The molecule has 0 fully saturated rings. The summed E-state index contributed by atoms with van der Waals surface area (Å²) in [6.45, 7) is 1.83. The Labute approximate surface area is 104 Å². The van der Waals surface area contributed by atoms with Crippen LogP contribution in [0.4, 0.5) is 5.69 Å². The lowest BCUT2D eigenvalue weighted by Crippen LogP contribution is -2.11. The molecule has 0 radical (unpaired) electrons. The van der Waals surface area contributed by atoms with Crippen LogP contribution in [0.3, 0.4) is 0 Å². The summed E-state index contributed by atoms with van der Waals surface area (Å²) in [5.74, 6) is -1.39. The summed E-state index contributed by atoms with van der Waals surface area (Å²) in [4.78, 5) is 22.7. The van der Waals surface area contributed by atoms with Gasteiger partial charge in [0.15, 0.2) is 0 Å². The summed E-state index contributed by atoms with van der Waals surface area (Å²) >= 11 is 0. The highest BCUT2D eigenvalue weighted by Gasteiger charge is 2.13. The molecule has 1 rings (SSSR count). The zero-order valence-corrected chi connectivity index (χ0v) is 9.77. The first-order chi connectivity index (χ1) is 8.58. The molecule has 0 spiro atoms. The lowest BCUT2D eigenvalue weighted by Gasteiger charge is -2.07. The Morgan fingerprint density at radius 1 is 1.50 bits per heavy atom. The van der Waals surface area contributed by atoms with Crippen LogP contribution < -0.4 is 5.32 Å². The fraction of sp³-hybridized carbons (Fsp3) is 0.250. The minimum Gasteiger partial charge on any atom is -0.507 e. The number of phenols is 1. The average molecular weight is 248 g/mol. The number of benzene rings is 1. The minimum atomic E-state index is -0.675. The summed E-state index contributed by atoms with van der Waals surface area (Å²) in [7, 11) is 0. The van der Waals surface area contributed by atoms with E-state index in [4.69, 9.17) is 10.00 Å². The molecule has 0 unspecified atom stereocenters. The Bertz CT molecular complexity index is 505. The van der Waals surface area contributed by atoms with Crippen molar-refractivity contribution in [1.82, 2.24) is 0 Å². The third-order valence-electron chi connectivity index (χ3n) is 2.02.